The quantitative estimate of drug-likeness (QED) is 0.518. The molecule has 10 heavy (non-hydrogen) atoms. The van der Waals surface area contributed by atoms with E-state index >= 15 is 0 Å². The van der Waals surface area contributed by atoms with Crippen molar-refractivity contribution in [1.29, 1.82) is 0 Å². The van der Waals surface area contributed by atoms with Gasteiger partial charge in [0.05, 0.1) is 18.9 Å². The van der Waals surface area contributed by atoms with Crippen LogP contribution in [0.5, 0.6) is 0 Å². The monoisotopic (exact) mass is 143 g/mol. The maximum Gasteiger partial charge on any atom is 0.309 e. The molecule has 0 aromatic carbocycles. The number of hydrogen-bond donors (Lipinski definition) is 1. The molecule has 1 aliphatic carbocycles. The van der Waals surface area contributed by atoms with E-state index in [0.717, 1.165) is 0 Å². The van der Waals surface area contributed by atoms with Crippen molar-refractivity contribution in [2.45, 2.75) is 6.42 Å². The predicted molar refractivity (Wildman–Crippen MR) is 32.8 cm³/mol. The second-order valence-corrected chi connectivity index (χ2v) is 2.37. The molecule has 2 atom stereocenters. The zero-order chi connectivity index (χ0) is 7.72. The van der Waals surface area contributed by atoms with E-state index in [1.165, 1.54) is 7.11 Å². The molecule has 0 aliphatic heterocycles. The van der Waals surface area contributed by atoms with Crippen LogP contribution < -0.4 is 5.73 Å². The lowest BCUT2D eigenvalue weighted by Gasteiger charge is -1.93. The SMILES string of the molecule is COC(=O)[C@H]1C[C@@H]1C(N)=O. The molecular formula is C6H9NO3. The van der Waals surface area contributed by atoms with Gasteiger partial charge in [0.25, 0.3) is 0 Å². The van der Waals surface area contributed by atoms with E-state index in [1.807, 2.05) is 0 Å². The van der Waals surface area contributed by atoms with Crippen LogP contribution in [-0.2, 0) is 14.3 Å². The molecule has 0 aromatic heterocycles. The summed E-state index contributed by atoms with van der Waals surface area (Å²) in [5, 5.41) is 0. The van der Waals surface area contributed by atoms with Crippen LogP contribution in [0.4, 0.5) is 0 Å². The van der Waals surface area contributed by atoms with E-state index in [2.05, 4.69) is 4.74 Å². The number of hydrogen-bond acceptors (Lipinski definition) is 3. The van der Waals surface area contributed by atoms with Gasteiger partial charge in [-0.15, -0.1) is 0 Å². The van der Waals surface area contributed by atoms with Crippen molar-refractivity contribution >= 4 is 11.9 Å². The number of carbonyl (C=O) groups excluding carboxylic acids is 2. The Hall–Kier alpha value is -1.06. The first-order valence-electron chi connectivity index (χ1n) is 3.04. The molecule has 4 heteroatoms. The molecule has 0 bridgehead atoms. The molecule has 0 spiro atoms. The zero-order valence-corrected chi connectivity index (χ0v) is 5.66. The van der Waals surface area contributed by atoms with Crippen molar-refractivity contribution < 1.29 is 14.3 Å². The van der Waals surface area contributed by atoms with Gasteiger partial charge < -0.3 is 10.5 Å². The molecule has 0 aromatic rings. The molecule has 1 rings (SSSR count). The maximum absolute atomic E-state index is 10.7. The summed E-state index contributed by atoms with van der Waals surface area (Å²) in [5.41, 5.74) is 4.93. The lowest BCUT2D eigenvalue weighted by Crippen LogP contribution is -2.17. The van der Waals surface area contributed by atoms with E-state index in [4.69, 9.17) is 5.73 Å². The molecule has 0 saturated heterocycles. The van der Waals surface area contributed by atoms with Crippen LogP contribution in [0.2, 0.25) is 0 Å². The summed E-state index contributed by atoms with van der Waals surface area (Å²) in [7, 11) is 1.30. The number of methoxy groups -OCH3 is 1. The fourth-order valence-electron chi connectivity index (χ4n) is 0.921. The Kier molecular flexibility index (Phi) is 1.61. The minimum absolute atomic E-state index is 0.262. The van der Waals surface area contributed by atoms with Crippen LogP contribution >= 0.6 is 0 Å². The largest absolute Gasteiger partial charge is 0.469 e. The van der Waals surface area contributed by atoms with Crippen molar-refractivity contribution in [2.75, 3.05) is 7.11 Å². The summed E-state index contributed by atoms with van der Waals surface area (Å²) in [5.74, 6) is -1.27. The molecule has 1 saturated carbocycles. The minimum Gasteiger partial charge on any atom is -0.469 e. The number of rotatable bonds is 2. The number of carbonyl (C=O) groups is 2. The first-order chi connectivity index (χ1) is 4.66. The average molecular weight is 143 g/mol. The third-order valence-corrected chi connectivity index (χ3v) is 1.66. The highest BCUT2D eigenvalue weighted by Gasteiger charge is 2.47. The summed E-state index contributed by atoms with van der Waals surface area (Å²) in [4.78, 5) is 21.1. The molecule has 0 radical (unpaired) electrons. The Labute approximate surface area is 58.3 Å². The van der Waals surface area contributed by atoms with Gasteiger partial charge in [-0.2, -0.15) is 0 Å². The fraction of sp³-hybridized carbons (Fsp3) is 0.667. The third kappa shape index (κ3) is 1.10. The predicted octanol–water partition coefficient (Wildman–Crippen LogP) is -0.719. The van der Waals surface area contributed by atoms with E-state index in [1.54, 1.807) is 0 Å². The number of ether oxygens (including phenoxy) is 1. The smallest absolute Gasteiger partial charge is 0.309 e. The normalized spacial score (nSPS) is 29.3. The number of nitrogens with two attached hydrogens (primary N) is 1. The Morgan fingerprint density at radius 2 is 2.10 bits per heavy atom. The van der Waals surface area contributed by atoms with Gasteiger partial charge in [0, 0.05) is 0 Å². The van der Waals surface area contributed by atoms with E-state index in [-0.39, 0.29) is 17.8 Å². The second kappa shape index (κ2) is 2.28. The zero-order valence-electron chi connectivity index (χ0n) is 5.66. The van der Waals surface area contributed by atoms with Crippen LogP contribution in [0.3, 0.4) is 0 Å². The van der Waals surface area contributed by atoms with Crippen molar-refractivity contribution in [1.82, 2.24) is 0 Å². The Balaban J connectivity index is 2.38. The first kappa shape index (κ1) is 7.05. The molecule has 0 unspecified atom stereocenters. The van der Waals surface area contributed by atoms with E-state index in [9.17, 15) is 9.59 Å². The van der Waals surface area contributed by atoms with E-state index < -0.39 is 5.91 Å². The van der Waals surface area contributed by atoms with Gasteiger partial charge in [0.2, 0.25) is 5.91 Å². The summed E-state index contributed by atoms with van der Waals surface area (Å²) in [6.45, 7) is 0. The van der Waals surface area contributed by atoms with Crippen LogP contribution in [-0.4, -0.2) is 19.0 Å². The van der Waals surface area contributed by atoms with Gasteiger partial charge in [-0.3, -0.25) is 9.59 Å². The van der Waals surface area contributed by atoms with E-state index in [0.29, 0.717) is 6.42 Å². The molecule has 0 heterocycles. The second-order valence-electron chi connectivity index (χ2n) is 2.37. The summed E-state index contributed by atoms with van der Waals surface area (Å²) < 4.78 is 4.41. The van der Waals surface area contributed by atoms with Crippen molar-refractivity contribution in [3.05, 3.63) is 0 Å². The third-order valence-electron chi connectivity index (χ3n) is 1.66. The number of amides is 1. The Morgan fingerprint density at radius 3 is 2.40 bits per heavy atom. The molecule has 56 valence electrons. The van der Waals surface area contributed by atoms with Crippen LogP contribution in [0, 0.1) is 11.8 Å². The average Bonchev–Trinajstić information content (AvgIpc) is 2.64. The van der Waals surface area contributed by atoms with Gasteiger partial charge in [-0.1, -0.05) is 0 Å². The van der Waals surface area contributed by atoms with Gasteiger partial charge in [-0.25, -0.2) is 0 Å². The standard InChI is InChI=1S/C6H9NO3/c1-10-6(9)4-2-3(4)5(7)8/h3-4H,2H2,1H3,(H2,7,8)/t3-,4-/m0/s1. The van der Waals surface area contributed by atoms with Crippen LogP contribution in [0.25, 0.3) is 0 Å². The molecule has 1 amide bonds. The molecule has 4 nitrogen and oxygen atoms in total. The highest BCUT2D eigenvalue weighted by Crippen LogP contribution is 2.38. The maximum atomic E-state index is 10.7. The lowest BCUT2D eigenvalue weighted by atomic mass is 10.3. The molecule has 1 aliphatic rings. The number of primary amides is 1. The van der Waals surface area contributed by atoms with Gasteiger partial charge in [0.1, 0.15) is 0 Å². The fourth-order valence-corrected chi connectivity index (χ4v) is 0.921. The molecular weight excluding hydrogens is 134 g/mol. The van der Waals surface area contributed by atoms with Gasteiger partial charge in [-0.05, 0) is 6.42 Å². The lowest BCUT2D eigenvalue weighted by molar-refractivity contribution is -0.143. The van der Waals surface area contributed by atoms with Gasteiger partial charge in [0.15, 0.2) is 0 Å². The van der Waals surface area contributed by atoms with Crippen molar-refractivity contribution in [3.63, 3.8) is 0 Å². The Bertz CT molecular complexity index is 178. The summed E-state index contributed by atoms with van der Waals surface area (Å²) >= 11 is 0. The topological polar surface area (TPSA) is 69.4 Å². The van der Waals surface area contributed by atoms with Gasteiger partial charge >= 0.3 is 5.97 Å². The molecule has 1 fully saturated rings. The van der Waals surface area contributed by atoms with Crippen LogP contribution in [0.1, 0.15) is 6.42 Å². The van der Waals surface area contributed by atoms with Crippen molar-refractivity contribution in [2.24, 2.45) is 17.6 Å². The van der Waals surface area contributed by atoms with Crippen molar-refractivity contribution in [3.8, 4) is 0 Å². The van der Waals surface area contributed by atoms with Crippen LogP contribution in [0.15, 0.2) is 0 Å². The highest BCUT2D eigenvalue weighted by molar-refractivity contribution is 5.89. The highest BCUT2D eigenvalue weighted by atomic mass is 16.5. The number of esters is 1. The Morgan fingerprint density at radius 1 is 1.50 bits per heavy atom. The summed E-state index contributed by atoms with van der Waals surface area (Å²) in [6, 6.07) is 0. The first-order valence-corrected chi connectivity index (χ1v) is 3.04. The summed E-state index contributed by atoms with van der Waals surface area (Å²) in [6.07, 6.45) is 0.558. The minimum atomic E-state index is -0.407. The molecule has 2 N–H and O–H groups in total.